The Morgan fingerprint density at radius 2 is 2.00 bits per heavy atom. The number of carbonyl (C=O) groups is 1. The van der Waals surface area contributed by atoms with E-state index in [2.05, 4.69) is 4.36 Å². The summed E-state index contributed by atoms with van der Waals surface area (Å²) in [6, 6.07) is 8.68. The monoisotopic (exact) mass is 166 g/mol. The molecule has 0 aliphatic carbocycles. The van der Waals surface area contributed by atoms with Crippen LogP contribution in [-0.2, 0) is 11.4 Å². The summed E-state index contributed by atoms with van der Waals surface area (Å²) in [5.41, 5.74) is 0.521. The summed E-state index contributed by atoms with van der Waals surface area (Å²) in [7, 11) is 0. The van der Waals surface area contributed by atoms with Crippen molar-refractivity contribution in [3.8, 4) is 0 Å². The van der Waals surface area contributed by atoms with E-state index < -0.39 is 0 Å². The number of hydrogen-bond acceptors (Lipinski definition) is 2. The van der Waals surface area contributed by atoms with Gasteiger partial charge in [0.05, 0.1) is 11.4 Å². The van der Waals surface area contributed by atoms with Crippen LogP contribution >= 0.6 is 0 Å². The quantitative estimate of drug-likeness (QED) is 0.680. The van der Waals surface area contributed by atoms with E-state index in [9.17, 15) is 4.79 Å². The van der Waals surface area contributed by atoms with Crippen molar-refractivity contribution in [2.75, 3.05) is 0 Å². The maximum Gasteiger partial charge on any atom is 0.288 e. The third-order valence-electron chi connectivity index (χ3n) is 1.15. The molecule has 0 aromatic heterocycles. The topological polar surface area (TPSA) is 53.3 Å². The van der Waals surface area contributed by atoms with Gasteiger partial charge in [0.25, 0.3) is 5.91 Å². The molecular formula is C7H6N2OS. The van der Waals surface area contributed by atoms with Crippen LogP contribution in [0.2, 0.25) is 0 Å². The molecule has 0 atom stereocenters. The van der Waals surface area contributed by atoms with Gasteiger partial charge < -0.3 is 0 Å². The summed E-state index contributed by atoms with van der Waals surface area (Å²) in [6.45, 7) is 0. The molecule has 3 nitrogen and oxygen atoms in total. The molecule has 0 spiro atoms. The second-order valence-electron chi connectivity index (χ2n) is 1.85. The van der Waals surface area contributed by atoms with Gasteiger partial charge in [0.15, 0.2) is 0 Å². The summed E-state index contributed by atoms with van der Waals surface area (Å²) in [6.07, 6.45) is 0. The maximum atomic E-state index is 10.9. The smallest absolute Gasteiger partial charge is 0.266 e. The molecule has 0 fully saturated rings. The van der Waals surface area contributed by atoms with E-state index in [4.69, 9.17) is 4.78 Å². The average Bonchev–Trinajstić information content (AvgIpc) is 2.07. The zero-order valence-electron chi connectivity index (χ0n) is 5.65. The first kappa shape index (κ1) is 7.81. The summed E-state index contributed by atoms with van der Waals surface area (Å²) in [4.78, 5) is 10.9. The van der Waals surface area contributed by atoms with Gasteiger partial charge in [-0.05, 0) is 12.1 Å². The number of nitrogens with zero attached hydrogens (tertiary/aromatic N) is 1. The minimum Gasteiger partial charge on any atom is -0.266 e. The van der Waals surface area contributed by atoms with Crippen LogP contribution in [0.4, 0.5) is 0 Å². The van der Waals surface area contributed by atoms with Crippen molar-refractivity contribution >= 4 is 17.3 Å². The van der Waals surface area contributed by atoms with Crippen molar-refractivity contribution in [3.05, 3.63) is 35.9 Å². The first-order chi connectivity index (χ1) is 5.34. The molecule has 4 heteroatoms. The van der Waals surface area contributed by atoms with Crippen LogP contribution in [-0.4, -0.2) is 5.91 Å². The lowest BCUT2D eigenvalue weighted by atomic mass is 10.2. The lowest BCUT2D eigenvalue weighted by Crippen LogP contribution is -1.91. The second-order valence-corrected chi connectivity index (χ2v) is 2.22. The zero-order valence-corrected chi connectivity index (χ0v) is 6.47. The SMILES string of the molecule is N=S=NC(=O)c1ccccc1. The Hall–Kier alpha value is -1.29. The Morgan fingerprint density at radius 3 is 2.55 bits per heavy atom. The molecule has 0 heterocycles. The average molecular weight is 166 g/mol. The van der Waals surface area contributed by atoms with Gasteiger partial charge in [-0.15, -0.1) is 4.36 Å². The van der Waals surface area contributed by atoms with Crippen molar-refractivity contribution in [1.82, 2.24) is 0 Å². The fourth-order valence-electron chi connectivity index (χ4n) is 0.675. The minimum atomic E-state index is -0.356. The molecule has 0 saturated carbocycles. The van der Waals surface area contributed by atoms with Crippen molar-refractivity contribution < 1.29 is 4.79 Å². The van der Waals surface area contributed by atoms with Crippen LogP contribution in [0.5, 0.6) is 0 Å². The van der Waals surface area contributed by atoms with E-state index in [1.807, 2.05) is 6.07 Å². The van der Waals surface area contributed by atoms with Gasteiger partial charge in [0, 0.05) is 5.56 Å². The van der Waals surface area contributed by atoms with Gasteiger partial charge in [-0.1, -0.05) is 18.2 Å². The van der Waals surface area contributed by atoms with Crippen LogP contribution in [0, 0.1) is 4.78 Å². The Bertz CT molecular complexity index is 303. The van der Waals surface area contributed by atoms with Crippen LogP contribution in [0.3, 0.4) is 0 Å². The number of rotatable bonds is 1. The number of hydrogen-bond donors (Lipinski definition) is 1. The van der Waals surface area contributed by atoms with E-state index in [-0.39, 0.29) is 5.91 Å². The highest BCUT2D eigenvalue weighted by atomic mass is 32.1. The summed E-state index contributed by atoms with van der Waals surface area (Å²) < 4.78 is 9.95. The van der Waals surface area contributed by atoms with Crippen LogP contribution in [0.25, 0.3) is 0 Å². The van der Waals surface area contributed by atoms with Crippen LogP contribution in [0.15, 0.2) is 34.7 Å². The predicted molar refractivity (Wildman–Crippen MR) is 43.3 cm³/mol. The minimum absolute atomic E-state index is 0.356. The maximum absolute atomic E-state index is 10.9. The lowest BCUT2D eigenvalue weighted by Gasteiger charge is -1.89. The number of carbonyl (C=O) groups excluding carboxylic acids is 1. The molecule has 1 aromatic rings. The Kier molecular flexibility index (Phi) is 2.68. The second kappa shape index (κ2) is 3.78. The highest BCUT2D eigenvalue weighted by Gasteiger charge is 1.99. The molecule has 1 rings (SSSR count). The van der Waals surface area contributed by atoms with Crippen molar-refractivity contribution in [2.45, 2.75) is 0 Å². The van der Waals surface area contributed by atoms with Gasteiger partial charge in [0.2, 0.25) is 0 Å². The van der Waals surface area contributed by atoms with Crippen molar-refractivity contribution in [1.29, 1.82) is 4.78 Å². The zero-order chi connectivity index (χ0) is 8.10. The molecule has 56 valence electrons. The lowest BCUT2D eigenvalue weighted by molar-refractivity contribution is 0.101. The molecule has 0 aliphatic heterocycles. The Labute approximate surface area is 67.7 Å². The van der Waals surface area contributed by atoms with E-state index in [0.29, 0.717) is 16.9 Å². The van der Waals surface area contributed by atoms with E-state index in [0.717, 1.165) is 0 Å². The molecule has 1 amide bonds. The van der Waals surface area contributed by atoms with Crippen LogP contribution < -0.4 is 0 Å². The van der Waals surface area contributed by atoms with E-state index in [1.165, 1.54) is 0 Å². The third-order valence-corrected chi connectivity index (χ3v) is 1.41. The van der Waals surface area contributed by atoms with Gasteiger partial charge >= 0.3 is 0 Å². The summed E-state index contributed by atoms with van der Waals surface area (Å²) in [5.74, 6) is -0.356. The molecule has 0 aliphatic rings. The van der Waals surface area contributed by atoms with Gasteiger partial charge in [0.1, 0.15) is 0 Å². The fourth-order valence-corrected chi connectivity index (χ4v) is 0.863. The molecule has 11 heavy (non-hydrogen) atoms. The molecule has 1 aromatic carbocycles. The number of benzene rings is 1. The first-order valence-electron chi connectivity index (χ1n) is 2.98. The molecule has 0 radical (unpaired) electrons. The largest absolute Gasteiger partial charge is 0.288 e. The highest BCUT2D eigenvalue weighted by molar-refractivity contribution is 7.56. The standard InChI is InChI=1S/C7H6N2OS/c8-11-9-7(10)6-4-2-1-3-5-6/h1-5,8H. The summed E-state index contributed by atoms with van der Waals surface area (Å²) >= 11 is 0.430. The first-order valence-corrected chi connectivity index (χ1v) is 3.75. The Morgan fingerprint density at radius 1 is 1.36 bits per heavy atom. The van der Waals surface area contributed by atoms with Gasteiger partial charge in [-0.25, -0.2) is 4.78 Å². The van der Waals surface area contributed by atoms with E-state index in [1.54, 1.807) is 24.3 Å². The third kappa shape index (κ3) is 2.09. The molecule has 0 bridgehead atoms. The predicted octanol–water partition coefficient (Wildman–Crippen LogP) is 1.86. The van der Waals surface area contributed by atoms with Crippen molar-refractivity contribution in [2.24, 2.45) is 4.36 Å². The summed E-state index contributed by atoms with van der Waals surface area (Å²) in [5, 5.41) is 0. The molecular weight excluding hydrogens is 160 g/mol. The normalized spacial score (nSPS) is 8.73. The molecule has 1 N–H and O–H groups in total. The fraction of sp³-hybridized carbons (Fsp3) is 0. The van der Waals surface area contributed by atoms with Gasteiger partial charge in [-0.2, -0.15) is 0 Å². The molecule has 0 saturated heterocycles. The van der Waals surface area contributed by atoms with Crippen LogP contribution in [0.1, 0.15) is 10.4 Å². The number of nitrogens with one attached hydrogen (secondary N) is 1. The van der Waals surface area contributed by atoms with E-state index >= 15 is 0 Å². The highest BCUT2D eigenvalue weighted by Crippen LogP contribution is 1.99. The molecule has 0 unspecified atom stereocenters. The van der Waals surface area contributed by atoms with Crippen molar-refractivity contribution in [3.63, 3.8) is 0 Å². The van der Waals surface area contributed by atoms with Gasteiger partial charge in [-0.3, -0.25) is 4.79 Å². The Balaban J connectivity index is 2.94. The number of amides is 1.